The highest BCUT2D eigenvalue weighted by molar-refractivity contribution is 7.17. The maximum Gasteiger partial charge on any atom is 0.121 e. The fraction of sp³-hybridized carbons (Fsp3) is 0.294. The third kappa shape index (κ3) is 2.51. The monoisotopic (exact) mass is 285 g/mol. The third-order valence-corrected chi connectivity index (χ3v) is 4.72. The van der Waals surface area contributed by atoms with Crippen molar-refractivity contribution in [3.63, 3.8) is 0 Å². The molecule has 3 aromatic rings. The van der Waals surface area contributed by atoms with Crippen molar-refractivity contribution in [2.45, 2.75) is 25.8 Å². The van der Waals surface area contributed by atoms with Crippen LogP contribution in [0.3, 0.4) is 0 Å². The molecular formula is C17H19NOS. The van der Waals surface area contributed by atoms with Crippen molar-refractivity contribution in [3.8, 4) is 0 Å². The van der Waals surface area contributed by atoms with Crippen LogP contribution < -0.4 is 5.32 Å². The molecule has 20 heavy (non-hydrogen) atoms. The van der Waals surface area contributed by atoms with Gasteiger partial charge in [-0.3, -0.25) is 0 Å². The molecule has 0 radical (unpaired) electrons. The number of hydrogen-bond acceptors (Lipinski definition) is 3. The number of rotatable bonds is 5. The number of benzene rings is 1. The number of aryl methyl sites for hydroxylation is 1. The largest absolute Gasteiger partial charge is 0.464 e. The van der Waals surface area contributed by atoms with Gasteiger partial charge in [-0.25, -0.2) is 0 Å². The Morgan fingerprint density at radius 1 is 1.20 bits per heavy atom. The Labute approximate surface area is 123 Å². The van der Waals surface area contributed by atoms with E-state index in [0.717, 1.165) is 24.4 Å². The molecule has 1 atom stereocenters. The van der Waals surface area contributed by atoms with Crippen LogP contribution in [0.2, 0.25) is 0 Å². The lowest BCUT2D eigenvalue weighted by molar-refractivity contribution is 0.407. The van der Waals surface area contributed by atoms with Crippen LogP contribution in [0, 0.1) is 0 Å². The van der Waals surface area contributed by atoms with Gasteiger partial charge in [-0.1, -0.05) is 25.1 Å². The zero-order valence-corrected chi connectivity index (χ0v) is 12.7. The summed E-state index contributed by atoms with van der Waals surface area (Å²) in [4.78, 5) is 0. The molecule has 0 bridgehead atoms. The average Bonchev–Trinajstić information content (AvgIpc) is 3.11. The Hall–Kier alpha value is -1.58. The van der Waals surface area contributed by atoms with Gasteiger partial charge < -0.3 is 9.73 Å². The van der Waals surface area contributed by atoms with Crippen molar-refractivity contribution in [3.05, 3.63) is 58.9 Å². The minimum absolute atomic E-state index is 0.230. The zero-order chi connectivity index (χ0) is 13.9. The molecule has 1 aromatic carbocycles. The maximum absolute atomic E-state index is 5.89. The molecule has 0 saturated heterocycles. The van der Waals surface area contributed by atoms with Gasteiger partial charge in [0.25, 0.3) is 0 Å². The van der Waals surface area contributed by atoms with Gasteiger partial charge in [0.15, 0.2) is 0 Å². The van der Waals surface area contributed by atoms with Crippen LogP contribution in [0.1, 0.15) is 30.0 Å². The van der Waals surface area contributed by atoms with E-state index >= 15 is 0 Å². The van der Waals surface area contributed by atoms with Crippen LogP contribution in [-0.4, -0.2) is 7.05 Å². The van der Waals surface area contributed by atoms with Gasteiger partial charge in [-0.05, 0) is 48.0 Å². The summed E-state index contributed by atoms with van der Waals surface area (Å²) < 4.78 is 7.24. The van der Waals surface area contributed by atoms with E-state index in [-0.39, 0.29) is 6.04 Å². The molecule has 1 N–H and O–H groups in total. The van der Waals surface area contributed by atoms with Crippen LogP contribution in [0.4, 0.5) is 0 Å². The molecule has 3 rings (SSSR count). The number of likely N-dealkylation sites (N-methyl/N-ethyl adjacent to an activating group) is 1. The molecule has 1 unspecified atom stereocenters. The number of nitrogens with one attached hydrogen (secondary N) is 1. The molecule has 0 aliphatic heterocycles. The second-order valence-electron chi connectivity index (χ2n) is 4.96. The molecule has 3 heteroatoms. The third-order valence-electron chi connectivity index (χ3n) is 3.71. The Kier molecular flexibility index (Phi) is 3.90. The summed E-state index contributed by atoms with van der Waals surface area (Å²) in [6.45, 7) is 2.11. The molecule has 0 aliphatic carbocycles. The van der Waals surface area contributed by atoms with Gasteiger partial charge in [0.2, 0.25) is 0 Å². The molecule has 0 amide bonds. The van der Waals surface area contributed by atoms with Crippen LogP contribution in [0.15, 0.2) is 46.2 Å². The van der Waals surface area contributed by atoms with Crippen molar-refractivity contribution in [2.24, 2.45) is 0 Å². The lowest BCUT2D eigenvalue weighted by Gasteiger charge is -2.13. The van der Waals surface area contributed by atoms with Crippen molar-refractivity contribution >= 4 is 21.4 Å². The van der Waals surface area contributed by atoms with Crippen molar-refractivity contribution < 1.29 is 4.42 Å². The van der Waals surface area contributed by atoms with Crippen molar-refractivity contribution in [1.29, 1.82) is 0 Å². The molecule has 2 nitrogen and oxygen atoms in total. The maximum atomic E-state index is 5.89. The number of furan rings is 1. The topological polar surface area (TPSA) is 25.2 Å². The summed E-state index contributed by atoms with van der Waals surface area (Å²) in [7, 11) is 1.99. The number of fused-ring (bicyclic) bond motifs is 1. The summed E-state index contributed by atoms with van der Waals surface area (Å²) in [5, 5.41) is 6.99. The van der Waals surface area contributed by atoms with Gasteiger partial charge in [0.1, 0.15) is 11.5 Å². The predicted molar refractivity (Wildman–Crippen MR) is 85.4 cm³/mol. The fourth-order valence-corrected chi connectivity index (χ4v) is 3.50. The van der Waals surface area contributed by atoms with Crippen LogP contribution in [0.25, 0.3) is 10.1 Å². The van der Waals surface area contributed by atoms with Crippen LogP contribution in [0.5, 0.6) is 0 Å². The van der Waals surface area contributed by atoms with Crippen molar-refractivity contribution in [1.82, 2.24) is 5.32 Å². The Bertz CT molecular complexity index is 698. The van der Waals surface area contributed by atoms with E-state index in [1.807, 2.05) is 18.4 Å². The smallest absolute Gasteiger partial charge is 0.121 e. The average molecular weight is 285 g/mol. The second kappa shape index (κ2) is 5.81. The SMILES string of the molecule is CCc1ccc(C(Cc2csc3ccccc23)NC)o1. The lowest BCUT2D eigenvalue weighted by atomic mass is 10.0. The Balaban J connectivity index is 1.87. The van der Waals surface area contributed by atoms with Crippen LogP contribution >= 0.6 is 11.3 Å². The molecule has 0 aliphatic rings. The first-order valence-electron chi connectivity index (χ1n) is 7.02. The highest BCUT2D eigenvalue weighted by Crippen LogP contribution is 2.30. The highest BCUT2D eigenvalue weighted by Gasteiger charge is 2.16. The number of thiophene rings is 1. The summed E-state index contributed by atoms with van der Waals surface area (Å²) >= 11 is 1.81. The molecule has 0 saturated carbocycles. The van der Waals surface area contributed by atoms with E-state index in [2.05, 4.69) is 54.0 Å². The van der Waals surface area contributed by atoms with Gasteiger partial charge in [-0.15, -0.1) is 11.3 Å². The molecule has 104 valence electrons. The van der Waals surface area contributed by atoms with E-state index < -0.39 is 0 Å². The van der Waals surface area contributed by atoms with Crippen molar-refractivity contribution in [2.75, 3.05) is 7.05 Å². The first-order chi connectivity index (χ1) is 9.81. The van der Waals surface area contributed by atoms with Gasteiger partial charge in [-0.2, -0.15) is 0 Å². The summed E-state index contributed by atoms with van der Waals surface area (Å²) in [6.07, 6.45) is 1.90. The standard InChI is InChI=1S/C17H19NOS/c1-3-13-8-9-16(19-13)15(18-2)10-12-11-20-17-7-5-4-6-14(12)17/h4-9,11,15,18H,3,10H2,1-2H3. The number of hydrogen-bond donors (Lipinski definition) is 1. The summed E-state index contributed by atoms with van der Waals surface area (Å²) in [5.41, 5.74) is 1.39. The highest BCUT2D eigenvalue weighted by atomic mass is 32.1. The Morgan fingerprint density at radius 2 is 2.05 bits per heavy atom. The van der Waals surface area contributed by atoms with E-state index in [9.17, 15) is 0 Å². The van der Waals surface area contributed by atoms with E-state index in [1.54, 1.807) is 0 Å². The van der Waals surface area contributed by atoms with Gasteiger partial charge in [0.05, 0.1) is 6.04 Å². The molecule has 2 heterocycles. The summed E-state index contributed by atoms with van der Waals surface area (Å²) in [6, 6.07) is 13.0. The molecule has 2 aromatic heterocycles. The van der Waals surface area contributed by atoms with E-state index in [4.69, 9.17) is 4.42 Å². The minimum Gasteiger partial charge on any atom is -0.464 e. The van der Waals surface area contributed by atoms with Crippen LogP contribution in [-0.2, 0) is 12.8 Å². The fourth-order valence-electron chi connectivity index (χ4n) is 2.53. The zero-order valence-electron chi connectivity index (χ0n) is 11.8. The summed E-state index contributed by atoms with van der Waals surface area (Å²) in [5.74, 6) is 2.08. The van der Waals surface area contributed by atoms with Gasteiger partial charge in [0, 0.05) is 11.1 Å². The molecule has 0 spiro atoms. The second-order valence-corrected chi connectivity index (χ2v) is 5.87. The molecular weight excluding hydrogens is 266 g/mol. The van der Waals surface area contributed by atoms with Gasteiger partial charge >= 0.3 is 0 Å². The first kappa shape index (κ1) is 13.4. The quantitative estimate of drug-likeness (QED) is 0.743. The predicted octanol–water partition coefficient (Wildman–Crippen LogP) is 4.56. The molecule has 0 fully saturated rings. The van der Waals surface area contributed by atoms with E-state index in [1.165, 1.54) is 15.6 Å². The normalized spacial score (nSPS) is 12.9. The Morgan fingerprint density at radius 3 is 2.80 bits per heavy atom. The first-order valence-corrected chi connectivity index (χ1v) is 7.90. The minimum atomic E-state index is 0.230. The lowest BCUT2D eigenvalue weighted by Crippen LogP contribution is -2.18. The van der Waals surface area contributed by atoms with E-state index in [0.29, 0.717) is 0 Å².